The van der Waals surface area contributed by atoms with E-state index in [1.165, 1.54) is 37.1 Å². The Kier molecular flexibility index (Phi) is 5.26. The minimum absolute atomic E-state index is 0.281. The molecule has 1 fully saturated rings. The Morgan fingerprint density at radius 3 is 2.58 bits per heavy atom. The molecule has 0 radical (unpaired) electrons. The van der Waals surface area contributed by atoms with Gasteiger partial charge in [0.05, 0.1) is 0 Å². The standard InChI is InChI=1S/C17H28N2/c1-3-16(18)12-15-10-5-6-11-17(15)19(4-2)13-14-8-7-9-14/h5-6,10-11,14,16H,3-4,7-9,12-13,18H2,1-2H3. The van der Waals surface area contributed by atoms with Crippen LogP contribution in [0.4, 0.5) is 5.69 Å². The minimum atomic E-state index is 0.281. The first kappa shape index (κ1) is 14.4. The SMILES string of the molecule is CCC(N)Cc1ccccc1N(CC)CC1CCC1. The third-order valence-electron chi connectivity index (χ3n) is 4.42. The average molecular weight is 260 g/mol. The van der Waals surface area contributed by atoms with E-state index in [1.807, 2.05) is 0 Å². The Bertz CT molecular complexity index is 385. The van der Waals surface area contributed by atoms with Crippen molar-refractivity contribution in [1.82, 2.24) is 0 Å². The molecule has 1 aliphatic carbocycles. The Balaban J connectivity index is 2.11. The van der Waals surface area contributed by atoms with Gasteiger partial charge in [-0.1, -0.05) is 31.5 Å². The molecule has 1 atom stereocenters. The highest BCUT2D eigenvalue weighted by molar-refractivity contribution is 5.54. The van der Waals surface area contributed by atoms with Gasteiger partial charge < -0.3 is 10.6 Å². The number of rotatable bonds is 7. The first-order chi connectivity index (χ1) is 9.24. The lowest BCUT2D eigenvalue weighted by molar-refractivity contribution is 0.318. The smallest absolute Gasteiger partial charge is 0.0399 e. The predicted molar refractivity (Wildman–Crippen MR) is 83.6 cm³/mol. The quantitative estimate of drug-likeness (QED) is 0.811. The molecular weight excluding hydrogens is 232 g/mol. The number of nitrogens with zero attached hydrogens (tertiary/aromatic N) is 1. The molecule has 2 rings (SSSR count). The van der Waals surface area contributed by atoms with Crippen molar-refractivity contribution in [2.75, 3.05) is 18.0 Å². The maximum Gasteiger partial charge on any atom is 0.0399 e. The van der Waals surface area contributed by atoms with E-state index in [2.05, 4.69) is 43.0 Å². The van der Waals surface area contributed by atoms with Crippen molar-refractivity contribution in [1.29, 1.82) is 0 Å². The van der Waals surface area contributed by atoms with Crippen LogP contribution in [0, 0.1) is 5.92 Å². The van der Waals surface area contributed by atoms with Crippen molar-refractivity contribution in [2.24, 2.45) is 11.7 Å². The Hall–Kier alpha value is -1.02. The van der Waals surface area contributed by atoms with Crippen LogP contribution in [0.2, 0.25) is 0 Å². The summed E-state index contributed by atoms with van der Waals surface area (Å²) in [5.41, 5.74) is 8.95. The van der Waals surface area contributed by atoms with Crippen LogP contribution >= 0.6 is 0 Å². The summed E-state index contributed by atoms with van der Waals surface area (Å²) < 4.78 is 0. The summed E-state index contributed by atoms with van der Waals surface area (Å²) in [5.74, 6) is 0.910. The third-order valence-corrected chi connectivity index (χ3v) is 4.42. The number of hydrogen-bond acceptors (Lipinski definition) is 2. The Morgan fingerprint density at radius 2 is 2.00 bits per heavy atom. The molecule has 1 aromatic carbocycles. The summed E-state index contributed by atoms with van der Waals surface area (Å²) in [6.07, 6.45) is 6.28. The summed E-state index contributed by atoms with van der Waals surface area (Å²) in [6.45, 7) is 6.73. The fourth-order valence-electron chi connectivity index (χ4n) is 2.80. The Morgan fingerprint density at radius 1 is 1.26 bits per heavy atom. The molecule has 2 heteroatoms. The van der Waals surface area contributed by atoms with Gasteiger partial charge in [-0.05, 0) is 50.2 Å². The lowest BCUT2D eigenvalue weighted by Crippen LogP contribution is -2.33. The summed E-state index contributed by atoms with van der Waals surface area (Å²) >= 11 is 0. The summed E-state index contributed by atoms with van der Waals surface area (Å²) in [4.78, 5) is 2.54. The van der Waals surface area contributed by atoms with Gasteiger partial charge in [0.15, 0.2) is 0 Å². The normalized spacial score (nSPS) is 17.0. The first-order valence-electron chi connectivity index (χ1n) is 7.83. The molecule has 0 heterocycles. The molecule has 0 amide bonds. The third kappa shape index (κ3) is 3.73. The van der Waals surface area contributed by atoms with Crippen molar-refractivity contribution in [3.05, 3.63) is 29.8 Å². The molecular formula is C17H28N2. The predicted octanol–water partition coefficient (Wildman–Crippen LogP) is 3.59. The van der Waals surface area contributed by atoms with E-state index >= 15 is 0 Å². The van der Waals surface area contributed by atoms with Gasteiger partial charge >= 0.3 is 0 Å². The van der Waals surface area contributed by atoms with Gasteiger partial charge in [-0.2, -0.15) is 0 Å². The van der Waals surface area contributed by atoms with E-state index < -0.39 is 0 Å². The van der Waals surface area contributed by atoms with Gasteiger partial charge in [0.25, 0.3) is 0 Å². The molecule has 2 nitrogen and oxygen atoms in total. The van der Waals surface area contributed by atoms with E-state index in [0.717, 1.165) is 25.3 Å². The number of benzene rings is 1. The monoisotopic (exact) mass is 260 g/mol. The highest BCUT2D eigenvalue weighted by Gasteiger charge is 2.21. The zero-order valence-corrected chi connectivity index (χ0v) is 12.4. The highest BCUT2D eigenvalue weighted by Crippen LogP contribution is 2.30. The maximum absolute atomic E-state index is 6.14. The van der Waals surface area contributed by atoms with Crippen LogP contribution in [0.15, 0.2) is 24.3 Å². The average Bonchev–Trinajstić information content (AvgIpc) is 2.39. The van der Waals surface area contributed by atoms with Gasteiger partial charge in [-0.3, -0.25) is 0 Å². The molecule has 0 spiro atoms. The van der Waals surface area contributed by atoms with Crippen LogP contribution in [-0.2, 0) is 6.42 Å². The zero-order valence-electron chi connectivity index (χ0n) is 12.4. The van der Waals surface area contributed by atoms with Gasteiger partial charge in [0.1, 0.15) is 0 Å². The molecule has 0 aliphatic heterocycles. The van der Waals surface area contributed by atoms with Crippen molar-refractivity contribution in [3.63, 3.8) is 0 Å². The van der Waals surface area contributed by atoms with Crippen molar-refractivity contribution in [2.45, 2.75) is 52.0 Å². The Labute approximate surface area is 118 Å². The van der Waals surface area contributed by atoms with Crippen LogP contribution in [-0.4, -0.2) is 19.1 Å². The molecule has 0 aromatic heterocycles. The minimum Gasteiger partial charge on any atom is -0.371 e. The van der Waals surface area contributed by atoms with Gasteiger partial charge in [0, 0.05) is 24.8 Å². The van der Waals surface area contributed by atoms with E-state index in [1.54, 1.807) is 0 Å². The largest absolute Gasteiger partial charge is 0.371 e. The molecule has 0 bridgehead atoms. The molecule has 1 unspecified atom stereocenters. The van der Waals surface area contributed by atoms with Gasteiger partial charge in [0.2, 0.25) is 0 Å². The second-order valence-electron chi connectivity index (χ2n) is 5.84. The number of nitrogens with two attached hydrogens (primary N) is 1. The van der Waals surface area contributed by atoms with Gasteiger partial charge in [-0.15, -0.1) is 0 Å². The molecule has 106 valence electrons. The van der Waals surface area contributed by atoms with Gasteiger partial charge in [-0.25, -0.2) is 0 Å². The molecule has 1 aromatic rings. The number of hydrogen-bond donors (Lipinski definition) is 1. The van der Waals surface area contributed by atoms with E-state index in [9.17, 15) is 0 Å². The fraction of sp³-hybridized carbons (Fsp3) is 0.647. The maximum atomic E-state index is 6.14. The van der Waals surface area contributed by atoms with Crippen LogP contribution in [0.25, 0.3) is 0 Å². The fourth-order valence-corrected chi connectivity index (χ4v) is 2.80. The highest BCUT2D eigenvalue weighted by atomic mass is 15.1. The topological polar surface area (TPSA) is 29.3 Å². The van der Waals surface area contributed by atoms with Crippen LogP contribution in [0.3, 0.4) is 0 Å². The second kappa shape index (κ2) is 6.95. The van der Waals surface area contributed by atoms with Crippen molar-refractivity contribution in [3.8, 4) is 0 Å². The lowest BCUT2D eigenvalue weighted by Gasteiger charge is -2.34. The van der Waals surface area contributed by atoms with Crippen molar-refractivity contribution >= 4 is 5.69 Å². The second-order valence-corrected chi connectivity index (χ2v) is 5.84. The molecule has 1 saturated carbocycles. The number of para-hydroxylation sites is 1. The number of anilines is 1. The molecule has 2 N–H and O–H groups in total. The van der Waals surface area contributed by atoms with E-state index in [0.29, 0.717) is 0 Å². The first-order valence-corrected chi connectivity index (χ1v) is 7.83. The van der Waals surface area contributed by atoms with E-state index in [4.69, 9.17) is 5.73 Å². The van der Waals surface area contributed by atoms with Crippen LogP contribution in [0.1, 0.15) is 45.1 Å². The van der Waals surface area contributed by atoms with Crippen LogP contribution < -0.4 is 10.6 Å². The summed E-state index contributed by atoms with van der Waals surface area (Å²) in [7, 11) is 0. The van der Waals surface area contributed by atoms with E-state index in [-0.39, 0.29) is 6.04 Å². The van der Waals surface area contributed by atoms with Crippen molar-refractivity contribution < 1.29 is 0 Å². The summed E-state index contributed by atoms with van der Waals surface area (Å²) in [6, 6.07) is 9.08. The molecule has 1 aliphatic rings. The zero-order chi connectivity index (χ0) is 13.7. The lowest BCUT2D eigenvalue weighted by atomic mass is 9.85. The summed E-state index contributed by atoms with van der Waals surface area (Å²) in [5, 5.41) is 0. The molecule has 0 saturated heterocycles. The molecule has 19 heavy (non-hydrogen) atoms. The van der Waals surface area contributed by atoms with Crippen LogP contribution in [0.5, 0.6) is 0 Å².